The lowest BCUT2D eigenvalue weighted by atomic mass is 10.1. The number of halogens is 3. The van der Waals surface area contributed by atoms with Crippen LogP contribution < -0.4 is 5.32 Å². The molecule has 0 aliphatic rings. The Morgan fingerprint density at radius 2 is 2.06 bits per heavy atom. The van der Waals surface area contributed by atoms with Gasteiger partial charge in [0.2, 0.25) is 0 Å². The van der Waals surface area contributed by atoms with E-state index in [-0.39, 0.29) is 10.7 Å². The van der Waals surface area contributed by atoms with E-state index in [9.17, 15) is 4.79 Å². The first-order valence-electron chi connectivity index (χ1n) is 5.77. The van der Waals surface area contributed by atoms with Crippen LogP contribution in [0.25, 0.3) is 0 Å². The Balaban J connectivity index is 2.58. The molecule has 2 nitrogen and oxygen atoms in total. The average Bonchev–Trinajstić information content (AvgIpc) is 2.28. The number of benzene rings is 1. The van der Waals surface area contributed by atoms with E-state index in [0.717, 1.165) is 6.42 Å². The molecule has 5 heteroatoms. The normalized spacial score (nSPS) is 12.6. The van der Waals surface area contributed by atoms with Gasteiger partial charge in [-0.2, -0.15) is 0 Å². The molecule has 100 valence electrons. The number of rotatable bonds is 5. The van der Waals surface area contributed by atoms with Crippen LogP contribution in [0.5, 0.6) is 0 Å². The zero-order valence-electron chi connectivity index (χ0n) is 10.3. The van der Waals surface area contributed by atoms with Crippen molar-refractivity contribution in [3.8, 4) is 0 Å². The second-order valence-corrected chi connectivity index (χ2v) is 6.70. The first-order valence-corrected chi connectivity index (χ1v) is 7.44. The molecule has 0 fully saturated rings. The minimum Gasteiger partial charge on any atom is -0.351 e. The molecule has 0 aromatic heterocycles. The van der Waals surface area contributed by atoms with Crippen LogP contribution in [0.4, 0.5) is 0 Å². The Morgan fingerprint density at radius 1 is 1.39 bits per heavy atom. The lowest BCUT2D eigenvalue weighted by Gasteiger charge is -2.13. The fourth-order valence-corrected chi connectivity index (χ4v) is 2.85. The van der Waals surface area contributed by atoms with Crippen molar-refractivity contribution < 1.29 is 4.79 Å². The van der Waals surface area contributed by atoms with Crippen LogP contribution in [0.3, 0.4) is 0 Å². The van der Waals surface area contributed by atoms with E-state index in [2.05, 4.69) is 35.1 Å². The van der Waals surface area contributed by atoms with Gasteiger partial charge >= 0.3 is 0 Å². The summed E-state index contributed by atoms with van der Waals surface area (Å²) in [5.74, 6) is 0.386. The maximum absolute atomic E-state index is 11.9. The third-order valence-corrected chi connectivity index (χ3v) is 3.65. The molecule has 1 aromatic carbocycles. The van der Waals surface area contributed by atoms with E-state index in [1.165, 1.54) is 0 Å². The fourth-order valence-electron chi connectivity index (χ4n) is 1.57. The SMILES string of the molecule is CC(C)CC(Br)CNC(=O)c1cc(Cl)ccc1Cl. The standard InChI is InChI=1S/C13H16BrCl2NO/c1-8(2)5-9(14)7-17-13(18)11-6-10(15)3-4-12(11)16/h3-4,6,8-9H,5,7H2,1-2H3,(H,17,18). The summed E-state index contributed by atoms with van der Waals surface area (Å²) < 4.78 is 0. The first kappa shape index (κ1) is 15.8. The van der Waals surface area contributed by atoms with Gasteiger partial charge < -0.3 is 5.32 Å². The molecule has 1 N–H and O–H groups in total. The number of amides is 1. The van der Waals surface area contributed by atoms with Crippen LogP contribution in [-0.4, -0.2) is 17.3 Å². The second-order valence-electron chi connectivity index (χ2n) is 4.56. The van der Waals surface area contributed by atoms with Crippen molar-refractivity contribution in [3.63, 3.8) is 0 Å². The topological polar surface area (TPSA) is 29.1 Å². The molecule has 1 unspecified atom stereocenters. The van der Waals surface area contributed by atoms with Crippen LogP contribution >= 0.6 is 39.1 Å². The summed E-state index contributed by atoms with van der Waals surface area (Å²) in [4.78, 5) is 12.2. The number of alkyl halides is 1. The maximum atomic E-state index is 11.9. The van der Waals surface area contributed by atoms with Gasteiger partial charge in [0.15, 0.2) is 0 Å². The Morgan fingerprint density at radius 3 is 2.67 bits per heavy atom. The van der Waals surface area contributed by atoms with Gasteiger partial charge in [0.1, 0.15) is 0 Å². The summed E-state index contributed by atoms with van der Waals surface area (Å²) >= 11 is 15.3. The van der Waals surface area contributed by atoms with Crippen molar-refractivity contribution >= 4 is 45.0 Å². The summed E-state index contributed by atoms with van der Waals surface area (Å²) in [6.07, 6.45) is 1.00. The molecule has 0 aliphatic heterocycles. The maximum Gasteiger partial charge on any atom is 0.252 e. The highest BCUT2D eigenvalue weighted by atomic mass is 79.9. The quantitative estimate of drug-likeness (QED) is 0.775. The van der Waals surface area contributed by atoms with Gasteiger partial charge in [-0.3, -0.25) is 4.79 Å². The minimum absolute atomic E-state index is 0.198. The number of hydrogen-bond acceptors (Lipinski definition) is 1. The van der Waals surface area contributed by atoms with Gasteiger partial charge in [-0.05, 0) is 30.5 Å². The molecule has 0 saturated heterocycles. The lowest BCUT2D eigenvalue weighted by Crippen LogP contribution is -2.30. The molecule has 1 rings (SSSR count). The van der Waals surface area contributed by atoms with Crippen molar-refractivity contribution in [3.05, 3.63) is 33.8 Å². The van der Waals surface area contributed by atoms with Gasteiger partial charge in [0.05, 0.1) is 10.6 Å². The lowest BCUT2D eigenvalue weighted by molar-refractivity contribution is 0.0953. The zero-order chi connectivity index (χ0) is 13.7. The second kappa shape index (κ2) is 7.37. The van der Waals surface area contributed by atoms with Crippen LogP contribution in [0, 0.1) is 5.92 Å². The molecule has 1 amide bonds. The molecular weight excluding hydrogens is 337 g/mol. The van der Waals surface area contributed by atoms with Crippen LogP contribution in [0.15, 0.2) is 18.2 Å². The highest BCUT2D eigenvalue weighted by molar-refractivity contribution is 9.09. The number of carbonyl (C=O) groups excluding carboxylic acids is 1. The van der Waals surface area contributed by atoms with Crippen molar-refractivity contribution in [1.29, 1.82) is 0 Å². The van der Waals surface area contributed by atoms with E-state index >= 15 is 0 Å². The van der Waals surface area contributed by atoms with Gasteiger partial charge in [0, 0.05) is 16.4 Å². The van der Waals surface area contributed by atoms with Gasteiger partial charge in [-0.1, -0.05) is 53.0 Å². The smallest absolute Gasteiger partial charge is 0.252 e. The molecule has 0 bridgehead atoms. The number of hydrogen-bond donors (Lipinski definition) is 1. The van der Waals surface area contributed by atoms with Crippen LogP contribution in [-0.2, 0) is 0 Å². The third-order valence-electron chi connectivity index (χ3n) is 2.38. The zero-order valence-corrected chi connectivity index (χ0v) is 13.4. The third kappa shape index (κ3) is 5.17. The molecule has 0 radical (unpaired) electrons. The van der Waals surface area contributed by atoms with Gasteiger partial charge in [-0.15, -0.1) is 0 Å². The molecule has 0 aliphatic carbocycles. The molecule has 1 atom stereocenters. The van der Waals surface area contributed by atoms with Crippen LogP contribution in [0.2, 0.25) is 10.0 Å². The van der Waals surface area contributed by atoms with E-state index in [1.54, 1.807) is 18.2 Å². The molecule has 18 heavy (non-hydrogen) atoms. The first-order chi connectivity index (χ1) is 8.40. The van der Waals surface area contributed by atoms with Crippen LogP contribution in [0.1, 0.15) is 30.6 Å². The Kier molecular flexibility index (Phi) is 6.47. The van der Waals surface area contributed by atoms with E-state index in [0.29, 0.717) is 28.1 Å². The molecule has 0 spiro atoms. The van der Waals surface area contributed by atoms with Crippen molar-refractivity contribution in [2.24, 2.45) is 5.92 Å². The predicted molar refractivity (Wildman–Crippen MR) is 81.0 cm³/mol. The summed E-state index contributed by atoms with van der Waals surface area (Å²) in [5.41, 5.74) is 0.411. The summed E-state index contributed by atoms with van der Waals surface area (Å²) in [5, 5.41) is 3.75. The van der Waals surface area contributed by atoms with Crippen molar-refractivity contribution in [1.82, 2.24) is 5.32 Å². The summed E-state index contributed by atoms with van der Waals surface area (Å²) in [7, 11) is 0. The Hall–Kier alpha value is -0.250. The van der Waals surface area contributed by atoms with E-state index < -0.39 is 0 Å². The monoisotopic (exact) mass is 351 g/mol. The number of carbonyl (C=O) groups is 1. The van der Waals surface area contributed by atoms with E-state index in [1.807, 2.05) is 0 Å². The largest absolute Gasteiger partial charge is 0.351 e. The average molecular weight is 353 g/mol. The minimum atomic E-state index is -0.198. The summed E-state index contributed by atoms with van der Waals surface area (Å²) in [6, 6.07) is 4.86. The van der Waals surface area contributed by atoms with Crippen molar-refractivity contribution in [2.45, 2.75) is 25.1 Å². The Bertz CT molecular complexity index is 423. The fraction of sp³-hybridized carbons (Fsp3) is 0.462. The molecular formula is C13H16BrCl2NO. The van der Waals surface area contributed by atoms with Crippen molar-refractivity contribution in [2.75, 3.05) is 6.54 Å². The summed E-state index contributed by atoms with van der Waals surface area (Å²) in [6.45, 7) is 4.85. The molecule has 1 aromatic rings. The van der Waals surface area contributed by atoms with E-state index in [4.69, 9.17) is 23.2 Å². The molecule has 0 heterocycles. The highest BCUT2D eigenvalue weighted by Crippen LogP contribution is 2.20. The predicted octanol–water partition coefficient (Wildman–Crippen LogP) is 4.53. The van der Waals surface area contributed by atoms with Gasteiger partial charge in [0.25, 0.3) is 5.91 Å². The highest BCUT2D eigenvalue weighted by Gasteiger charge is 2.13. The van der Waals surface area contributed by atoms with Gasteiger partial charge in [-0.25, -0.2) is 0 Å². The Labute approximate surface area is 126 Å². The molecule has 0 saturated carbocycles. The number of nitrogens with one attached hydrogen (secondary N) is 1.